The van der Waals surface area contributed by atoms with E-state index in [1.165, 1.54) is 0 Å². The summed E-state index contributed by atoms with van der Waals surface area (Å²) in [6.45, 7) is 7.61. The van der Waals surface area contributed by atoms with Crippen LogP contribution < -0.4 is 10.6 Å². The van der Waals surface area contributed by atoms with Crippen molar-refractivity contribution in [1.82, 2.24) is 20.5 Å². The number of aryl methyl sites for hydroxylation is 1. The maximum atomic E-state index is 11.7. The van der Waals surface area contributed by atoms with Crippen LogP contribution in [0.4, 0.5) is 4.79 Å². The molecule has 6 nitrogen and oxygen atoms in total. The second kappa shape index (κ2) is 8.59. The lowest BCUT2D eigenvalue weighted by Crippen LogP contribution is -2.40. The van der Waals surface area contributed by atoms with Crippen LogP contribution in [0.1, 0.15) is 17.5 Å². The van der Waals surface area contributed by atoms with Crippen molar-refractivity contribution < 1.29 is 9.53 Å². The summed E-state index contributed by atoms with van der Waals surface area (Å²) in [4.78, 5) is 18.1. The number of urea groups is 1. The van der Waals surface area contributed by atoms with Crippen molar-refractivity contribution in [3.8, 4) is 0 Å². The van der Waals surface area contributed by atoms with Gasteiger partial charge in [0.05, 0.1) is 6.61 Å². The number of hydrogen-bond donors (Lipinski definition) is 2. The van der Waals surface area contributed by atoms with Gasteiger partial charge in [-0.2, -0.15) is 0 Å². The van der Waals surface area contributed by atoms with Crippen LogP contribution >= 0.6 is 0 Å². The van der Waals surface area contributed by atoms with Crippen molar-refractivity contribution in [2.75, 3.05) is 39.4 Å². The molecule has 1 fully saturated rings. The molecule has 1 saturated heterocycles. The summed E-state index contributed by atoms with van der Waals surface area (Å²) in [5.41, 5.74) is 2.10. The van der Waals surface area contributed by atoms with Crippen molar-refractivity contribution >= 4 is 6.03 Å². The molecule has 0 saturated carbocycles. The first-order valence-electron chi connectivity index (χ1n) is 7.46. The van der Waals surface area contributed by atoms with E-state index in [-0.39, 0.29) is 6.03 Å². The van der Waals surface area contributed by atoms with Crippen molar-refractivity contribution in [2.45, 2.75) is 19.9 Å². The van der Waals surface area contributed by atoms with Gasteiger partial charge in [0.2, 0.25) is 0 Å². The number of carbonyl (C=O) groups is 1. The summed E-state index contributed by atoms with van der Waals surface area (Å²) in [7, 11) is 0. The number of hydrogen-bond acceptors (Lipinski definition) is 4. The third-order valence-corrected chi connectivity index (χ3v) is 3.41. The van der Waals surface area contributed by atoms with Crippen LogP contribution in [0.2, 0.25) is 0 Å². The first kappa shape index (κ1) is 15.7. The van der Waals surface area contributed by atoms with Crippen LogP contribution in [0, 0.1) is 6.92 Å². The maximum Gasteiger partial charge on any atom is 0.315 e. The Hall–Kier alpha value is -1.66. The van der Waals surface area contributed by atoms with Crippen LogP contribution in [0.5, 0.6) is 0 Å². The SMILES string of the molecule is Cc1cncc(CNC(=O)NCCN2CCCOCC2)c1. The average Bonchev–Trinajstić information content (AvgIpc) is 2.74. The van der Waals surface area contributed by atoms with Crippen LogP contribution in [0.25, 0.3) is 0 Å². The predicted molar refractivity (Wildman–Crippen MR) is 81.1 cm³/mol. The van der Waals surface area contributed by atoms with Crippen molar-refractivity contribution in [1.29, 1.82) is 0 Å². The van der Waals surface area contributed by atoms with Gasteiger partial charge >= 0.3 is 6.03 Å². The van der Waals surface area contributed by atoms with Gasteiger partial charge in [-0.1, -0.05) is 6.07 Å². The summed E-state index contributed by atoms with van der Waals surface area (Å²) in [5, 5.41) is 5.73. The summed E-state index contributed by atoms with van der Waals surface area (Å²) < 4.78 is 5.40. The Labute approximate surface area is 125 Å². The second-order valence-electron chi connectivity index (χ2n) is 5.29. The summed E-state index contributed by atoms with van der Waals surface area (Å²) in [6.07, 6.45) is 4.63. The normalized spacial score (nSPS) is 16.2. The monoisotopic (exact) mass is 292 g/mol. The van der Waals surface area contributed by atoms with Gasteiger partial charge in [-0.15, -0.1) is 0 Å². The molecule has 0 spiro atoms. The smallest absolute Gasteiger partial charge is 0.315 e. The molecular weight excluding hydrogens is 268 g/mol. The molecule has 2 amide bonds. The van der Waals surface area contributed by atoms with Crippen molar-refractivity contribution in [3.05, 3.63) is 29.6 Å². The zero-order chi connectivity index (χ0) is 14.9. The Balaban J connectivity index is 1.61. The third kappa shape index (κ3) is 6.10. The number of pyridine rings is 1. The minimum absolute atomic E-state index is 0.137. The Morgan fingerprint density at radius 2 is 2.24 bits per heavy atom. The van der Waals surface area contributed by atoms with Gasteiger partial charge < -0.3 is 15.4 Å². The zero-order valence-corrected chi connectivity index (χ0v) is 12.6. The first-order chi connectivity index (χ1) is 10.2. The van der Waals surface area contributed by atoms with Crippen LogP contribution in [-0.2, 0) is 11.3 Å². The van der Waals surface area contributed by atoms with E-state index < -0.39 is 0 Å². The molecule has 6 heteroatoms. The Kier molecular flexibility index (Phi) is 6.43. The minimum Gasteiger partial charge on any atom is -0.380 e. The molecule has 1 aliphatic rings. The molecule has 0 unspecified atom stereocenters. The molecule has 1 aromatic heterocycles. The highest BCUT2D eigenvalue weighted by Gasteiger charge is 2.09. The summed E-state index contributed by atoms with van der Waals surface area (Å²) in [6, 6.07) is 1.88. The number of nitrogens with zero attached hydrogens (tertiary/aromatic N) is 2. The number of nitrogens with one attached hydrogen (secondary N) is 2. The second-order valence-corrected chi connectivity index (χ2v) is 5.29. The van der Waals surface area contributed by atoms with Gasteiger partial charge in [0.25, 0.3) is 0 Å². The highest BCUT2D eigenvalue weighted by Crippen LogP contribution is 2.00. The molecule has 1 aliphatic heterocycles. The Bertz CT molecular complexity index is 445. The topological polar surface area (TPSA) is 66.5 Å². The minimum atomic E-state index is -0.137. The molecule has 0 atom stereocenters. The van der Waals surface area contributed by atoms with Gasteiger partial charge in [0.1, 0.15) is 0 Å². The first-order valence-corrected chi connectivity index (χ1v) is 7.46. The average molecular weight is 292 g/mol. The number of rotatable bonds is 5. The predicted octanol–water partition coefficient (Wildman–Crippen LogP) is 0.912. The van der Waals surface area contributed by atoms with E-state index in [0.29, 0.717) is 13.1 Å². The number of carbonyl (C=O) groups excluding carboxylic acids is 1. The molecular formula is C15H24N4O2. The summed E-state index contributed by atoms with van der Waals surface area (Å²) in [5.74, 6) is 0. The van der Waals surface area contributed by atoms with Gasteiger partial charge in [0.15, 0.2) is 0 Å². The number of amides is 2. The maximum absolute atomic E-state index is 11.7. The highest BCUT2D eigenvalue weighted by molar-refractivity contribution is 5.73. The molecule has 1 aromatic rings. The molecule has 0 bridgehead atoms. The van der Waals surface area contributed by atoms with E-state index in [0.717, 1.165) is 50.4 Å². The van der Waals surface area contributed by atoms with Crippen LogP contribution in [0.3, 0.4) is 0 Å². The standard InChI is InChI=1S/C15H24N4O2/c1-13-9-14(11-16-10-13)12-18-15(20)17-3-5-19-4-2-7-21-8-6-19/h9-11H,2-8,12H2,1H3,(H2,17,18,20). The Morgan fingerprint density at radius 1 is 1.33 bits per heavy atom. The van der Waals surface area contributed by atoms with E-state index >= 15 is 0 Å². The lowest BCUT2D eigenvalue weighted by Gasteiger charge is -2.19. The van der Waals surface area contributed by atoms with E-state index in [1.807, 2.05) is 13.0 Å². The largest absolute Gasteiger partial charge is 0.380 e. The van der Waals surface area contributed by atoms with Gasteiger partial charge in [0, 0.05) is 51.7 Å². The molecule has 0 aliphatic carbocycles. The van der Waals surface area contributed by atoms with Crippen molar-refractivity contribution in [2.24, 2.45) is 0 Å². The molecule has 0 aromatic carbocycles. The molecule has 21 heavy (non-hydrogen) atoms. The summed E-state index contributed by atoms with van der Waals surface area (Å²) >= 11 is 0. The fourth-order valence-corrected chi connectivity index (χ4v) is 2.31. The third-order valence-electron chi connectivity index (χ3n) is 3.41. The molecule has 2 heterocycles. The van der Waals surface area contributed by atoms with Gasteiger partial charge in [-0.3, -0.25) is 9.88 Å². The van der Waals surface area contributed by atoms with Crippen molar-refractivity contribution in [3.63, 3.8) is 0 Å². The van der Waals surface area contributed by atoms with E-state index in [4.69, 9.17) is 4.74 Å². The van der Waals surface area contributed by atoms with Crippen LogP contribution in [0.15, 0.2) is 18.5 Å². The number of ether oxygens (including phenoxy) is 1. The fraction of sp³-hybridized carbons (Fsp3) is 0.600. The van der Waals surface area contributed by atoms with Gasteiger partial charge in [-0.25, -0.2) is 4.79 Å². The number of aromatic nitrogens is 1. The molecule has 0 radical (unpaired) electrons. The van der Waals surface area contributed by atoms with Crippen LogP contribution in [-0.4, -0.2) is 55.3 Å². The lowest BCUT2D eigenvalue weighted by molar-refractivity contribution is 0.141. The van der Waals surface area contributed by atoms with E-state index in [1.54, 1.807) is 12.4 Å². The lowest BCUT2D eigenvalue weighted by atomic mass is 10.2. The molecule has 2 rings (SSSR count). The fourth-order valence-electron chi connectivity index (χ4n) is 2.31. The Morgan fingerprint density at radius 3 is 3.10 bits per heavy atom. The van der Waals surface area contributed by atoms with E-state index in [9.17, 15) is 4.79 Å². The van der Waals surface area contributed by atoms with Gasteiger partial charge in [-0.05, 0) is 24.5 Å². The quantitative estimate of drug-likeness (QED) is 0.846. The molecule has 2 N–H and O–H groups in total. The van der Waals surface area contributed by atoms with E-state index in [2.05, 4.69) is 20.5 Å². The molecule has 116 valence electrons. The highest BCUT2D eigenvalue weighted by atomic mass is 16.5. The zero-order valence-electron chi connectivity index (χ0n) is 12.6.